The van der Waals surface area contributed by atoms with E-state index in [1.807, 2.05) is 13.8 Å². The van der Waals surface area contributed by atoms with Crippen LogP contribution in [0.3, 0.4) is 0 Å². The fraction of sp³-hybridized carbons (Fsp3) is 0.458. The minimum Gasteiger partial charge on any atom is -0.489 e. The fourth-order valence-corrected chi connectivity index (χ4v) is 5.60. The third-order valence-electron chi connectivity index (χ3n) is 7.14. The molecule has 10 heteroatoms. The number of carbonyl (C=O) groups is 1. The van der Waals surface area contributed by atoms with Crippen LogP contribution in [0.4, 0.5) is 4.39 Å². The Labute approximate surface area is 208 Å². The monoisotopic (exact) mass is 505 g/mol. The van der Waals surface area contributed by atoms with Gasteiger partial charge in [-0.05, 0) is 51.7 Å². The van der Waals surface area contributed by atoms with Crippen molar-refractivity contribution in [3.8, 4) is 5.75 Å². The number of ether oxygens (including phenoxy) is 1. The average molecular weight is 506 g/mol. The van der Waals surface area contributed by atoms with Gasteiger partial charge < -0.3 is 15.0 Å². The van der Waals surface area contributed by atoms with E-state index in [0.29, 0.717) is 41.5 Å². The molecule has 2 aromatic heterocycles. The van der Waals surface area contributed by atoms with Gasteiger partial charge in [0, 0.05) is 23.7 Å². The predicted molar refractivity (Wildman–Crippen MR) is 128 cm³/mol. The zero-order valence-corrected chi connectivity index (χ0v) is 20.5. The molecule has 3 aromatic rings. The third kappa shape index (κ3) is 3.82. The van der Waals surface area contributed by atoms with E-state index in [0.717, 1.165) is 54.0 Å². The predicted octanol–water partition coefficient (Wildman–Crippen LogP) is 4.38. The van der Waals surface area contributed by atoms with Crippen LogP contribution in [0.2, 0.25) is 5.02 Å². The summed E-state index contributed by atoms with van der Waals surface area (Å²) < 4.78 is 22.1. The summed E-state index contributed by atoms with van der Waals surface area (Å²) in [6.45, 7) is 4.52. The van der Waals surface area contributed by atoms with E-state index in [9.17, 15) is 9.18 Å². The number of aryl methyl sites for hydroxylation is 2. The number of rotatable bonds is 3. The van der Waals surface area contributed by atoms with Gasteiger partial charge in [0.1, 0.15) is 17.7 Å². The SMILES string of the molecule is Cc1nc2c3c(nn2c(C)c1Cl)CN(C(=O)c1ccc(F)cc1O[C@H]1C[C@H]2CC[C@@H](C1)N2)C3.Cl. The number of benzene rings is 1. The van der Waals surface area contributed by atoms with Crippen LogP contribution < -0.4 is 10.1 Å². The number of hydrogen-bond donors (Lipinski definition) is 1. The molecule has 2 bridgehead atoms. The highest BCUT2D eigenvalue weighted by Crippen LogP contribution is 2.34. The summed E-state index contributed by atoms with van der Waals surface area (Å²) in [5.74, 6) is -0.282. The molecule has 1 N–H and O–H groups in total. The van der Waals surface area contributed by atoms with Gasteiger partial charge >= 0.3 is 0 Å². The van der Waals surface area contributed by atoms with Gasteiger partial charge in [-0.1, -0.05) is 11.6 Å². The Morgan fingerprint density at radius 1 is 1.21 bits per heavy atom. The molecular weight excluding hydrogens is 480 g/mol. The summed E-state index contributed by atoms with van der Waals surface area (Å²) >= 11 is 6.33. The van der Waals surface area contributed by atoms with Crippen molar-refractivity contribution in [3.05, 3.63) is 57.2 Å². The van der Waals surface area contributed by atoms with E-state index in [4.69, 9.17) is 16.3 Å². The zero-order valence-electron chi connectivity index (χ0n) is 19.0. The van der Waals surface area contributed by atoms with Gasteiger partial charge in [-0.25, -0.2) is 13.9 Å². The van der Waals surface area contributed by atoms with Gasteiger partial charge in [-0.3, -0.25) is 4.79 Å². The highest BCUT2D eigenvalue weighted by atomic mass is 35.5. The standard InChI is InChI=1S/C24H25ClFN5O2.ClH/c1-12-22(25)13(2)31-23(27-12)19-10-30(11-20(19)29-31)24(32)18-6-3-14(26)7-21(18)33-17-8-15-4-5-16(9-17)28-15;/h3,6-7,15-17,28H,4-5,8-11H2,1-2H3;1H/t15-,16+,17+;. The van der Waals surface area contributed by atoms with Crippen LogP contribution in [-0.2, 0) is 13.1 Å². The fourth-order valence-electron chi connectivity index (χ4n) is 5.48. The first-order chi connectivity index (χ1) is 15.9. The Bertz CT molecular complexity index is 1280. The van der Waals surface area contributed by atoms with Gasteiger partial charge in [0.2, 0.25) is 0 Å². The number of hydrogen-bond acceptors (Lipinski definition) is 5. The molecule has 0 aliphatic carbocycles. The van der Waals surface area contributed by atoms with Crippen molar-refractivity contribution < 1.29 is 13.9 Å². The normalized spacial score (nSPS) is 23.2. The van der Waals surface area contributed by atoms with Crippen LogP contribution in [0.5, 0.6) is 5.75 Å². The topological polar surface area (TPSA) is 71.8 Å². The third-order valence-corrected chi connectivity index (χ3v) is 7.69. The summed E-state index contributed by atoms with van der Waals surface area (Å²) in [6.07, 6.45) is 4.02. The molecule has 0 saturated carbocycles. The van der Waals surface area contributed by atoms with Gasteiger partial charge in [-0.15, -0.1) is 12.4 Å². The molecule has 180 valence electrons. The summed E-state index contributed by atoms with van der Waals surface area (Å²) in [6, 6.07) is 5.06. The zero-order chi connectivity index (χ0) is 22.9. The molecule has 2 saturated heterocycles. The number of amides is 1. The number of carbonyl (C=O) groups excluding carboxylic acids is 1. The largest absolute Gasteiger partial charge is 0.489 e. The molecule has 3 aliphatic rings. The molecule has 3 atom stereocenters. The molecule has 0 spiro atoms. The number of halogens is 3. The Morgan fingerprint density at radius 2 is 1.94 bits per heavy atom. The van der Waals surface area contributed by atoms with Crippen LogP contribution in [-0.4, -0.2) is 43.6 Å². The summed E-state index contributed by atoms with van der Waals surface area (Å²) in [5.41, 5.74) is 4.40. The maximum atomic E-state index is 14.1. The van der Waals surface area contributed by atoms with E-state index < -0.39 is 5.82 Å². The maximum Gasteiger partial charge on any atom is 0.258 e. The first-order valence-electron chi connectivity index (χ1n) is 11.4. The van der Waals surface area contributed by atoms with E-state index in [-0.39, 0.29) is 24.4 Å². The minimum atomic E-state index is -0.409. The Morgan fingerprint density at radius 3 is 2.68 bits per heavy atom. The lowest BCUT2D eigenvalue weighted by Crippen LogP contribution is -2.42. The smallest absolute Gasteiger partial charge is 0.258 e. The average Bonchev–Trinajstić information content (AvgIpc) is 3.45. The molecule has 6 rings (SSSR count). The number of piperidine rings is 1. The highest BCUT2D eigenvalue weighted by Gasteiger charge is 2.36. The molecule has 7 nitrogen and oxygen atoms in total. The van der Waals surface area contributed by atoms with Crippen molar-refractivity contribution in [2.45, 2.75) is 70.8 Å². The van der Waals surface area contributed by atoms with E-state index >= 15 is 0 Å². The summed E-state index contributed by atoms with van der Waals surface area (Å²) in [4.78, 5) is 19.8. The van der Waals surface area contributed by atoms with Crippen LogP contribution in [0.15, 0.2) is 18.2 Å². The van der Waals surface area contributed by atoms with E-state index in [1.54, 1.807) is 9.42 Å². The molecule has 2 fully saturated rings. The lowest BCUT2D eigenvalue weighted by atomic mass is 10.0. The number of fused-ring (bicyclic) bond motifs is 5. The Kier molecular flexibility index (Phi) is 5.94. The molecule has 34 heavy (non-hydrogen) atoms. The molecule has 5 heterocycles. The molecule has 0 unspecified atom stereocenters. The van der Waals surface area contributed by atoms with Crippen molar-refractivity contribution in [2.24, 2.45) is 0 Å². The van der Waals surface area contributed by atoms with Gasteiger partial charge in [-0.2, -0.15) is 5.10 Å². The van der Waals surface area contributed by atoms with Crippen LogP contribution >= 0.6 is 24.0 Å². The van der Waals surface area contributed by atoms with Crippen LogP contribution in [0.1, 0.15) is 58.7 Å². The van der Waals surface area contributed by atoms with Crippen molar-refractivity contribution in [1.82, 2.24) is 24.8 Å². The minimum absolute atomic E-state index is 0. The van der Waals surface area contributed by atoms with Crippen molar-refractivity contribution in [2.75, 3.05) is 0 Å². The van der Waals surface area contributed by atoms with E-state index in [1.165, 1.54) is 18.2 Å². The Balaban J connectivity index is 0.00000241. The lowest BCUT2D eigenvalue weighted by molar-refractivity contribution is 0.0737. The second-order valence-corrected chi connectivity index (χ2v) is 9.79. The highest BCUT2D eigenvalue weighted by molar-refractivity contribution is 6.31. The second-order valence-electron chi connectivity index (χ2n) is 9.41. The molecule has 1 aromatic carbocycles. The number of nitrogens with zero attached hydrogens (tertiary/aromatic N) is 4. The van der Waals surface area contributed by atoms with Crippen LogP contribution in [0.25, 0.3) is 5.65 Å². The molecular formula is C24H26Cl2FN5O2. The van der Waals surface area contributed by atoms with Crippen molar-refractivity contribution in [3.63, 3.8) is 0 Å². The van der Waals surface area contributed by atoms with Gasteiger partial charge in [0.05, 0.1) is 40.8 Å². The molecule has 0 radical (unpaired) electrons. The first-order valence-corrected chi connectivity index (χ1v) is 11.8. The van der Waals surface area contributed by atoms with Crippen molar-refractivity contribution in [1.29, 1.82) is 0 Å². The molecule has 3 aliphatic heterocycles. The lowest BCUT2D eigenvalue weighted by Gasteiger charge is -2.30. The van der Waals surface area contributed by atoms with Crippen LogP contribution in [0, 0.1) is 19.7 Å². The summed E-state index contributed by atoms with van der Waals surface area (Å²) in [5, 5.41) is 8.83. The van der Waals surface area contributed by atoms with Crippen molar-refractivity contribution >= 4 is 35.6 Å². The summed E-state index contributed by atoms with van der Waals surface area (Å²) in [7, 11) is 0. The maximum absolute atomic E-state index is 14.1. The second kappa shape index (κ2) is 8.66. The number of nitrogens with one attached hydrogen (secondary N) is 1. The van der Waals surface area contributed by atoms with Gasteiger partial charge in [0.15, 0.2) is 5.65 Å². The first kappa shape index (κ1) is 23.3. The number of aromatic nitrogens is 3. The Hall–Kier alpha value is -2.42. The molecule has 1 amide bonds. The van der Waals surface area contributed by atoms with E-state index in [2.05, 4.69) is 15.4 Å². The van der Waals surface area contributed by atoms with Gasteiger partial charge in [0.25, 0.3) is 5.91 Å². The quantitative estimate of drug-likeness (QED) is 0.571.